The van der Waals surface area contributed by atoms with Gasteiger partial charge in [0.05, 0.1) is 18.2 Å². The first kappa shape index (κ1) is 22.2. The molecule has 0 bridgehead atoms. The standard InChI is InChI=1S/C28H24O5/c1-28(2,3)19-12-10-18(11-13-19)27(31)33-23-14-9-17(16-24(23)32-4)15-22-25(29)20-7-5-6-8-21(20)26(22)30/h5-16H,1-4H3. The largest absolute Gasteiger partial charge is 0.493 e. The molecular formula is C28H24O5. The van der Waals surface area contributed by atoms with Crippen LogP contribution in [0.2, 0.25) is 0 Å². The van der Waals surface area contributed by atoms with Gasteiger partial charge in [0.1, 0.15) is 0 Å². The van der Waals surface area contributed by atoms with Gasteiger partial charge in [-0.3, -0.25) is 9.59 Å². The number of esters is 1. The van der Waals surface area contributed by atoms with Crippen LogP contribution in [0.1, 0.15) is 63.0 Å². The number of ether oxygens (including phenoxy) is 2. The fourth-order valence-corrected chi connectivity index (χ4v) is 3.69. The molecule has 0 heterocycles. The summed E-state index contributed by atoms with van der Waals surface area (Å²) in [4.78, 5) is 37.9. The first-order valence-electron chi connectivity index (χ1n) is 10.6. The Kier molecular flexibility index (Phi) is 5.73. The molecule has 1 aliphatic carbocycles. The van der Waals surface area contributed by atoms with Gasteiger partial charge < -0.3 is 9.47 Å². The number of benzene rings is 3. The smallest absolute Gasteiger partial charge is 0.343 e. The van der Waals surface area contributed by atoms with Gasteiger partial charge in [-0.15, -0.1) is 0 Å². The van der Waals surface area contributed by atoms with Crippen LogP contribution in [0.25, 0.3) is 6.08 Å². The first-order valence-corrected chi connectivity index (χ1v) is 10.6. The maximum atomic E-state index is 12.6. The zero-order valence-electron chi connectivity index (χ0n) is 19.0. The molecule has 33 heavy (non-hydrogen) atoms. The third-order valence-corrected chi connectivity index (χ3v) is 5.59. The van der Waals surface area contributed by atoms with Crippen LogP contribution in [-0.4, -0.2) is 24.6 Å². The molecule has 0 amide bonds. The van der Waals surface area contributed by atoms with E-state index >= 15 is 0 Å². The second-order valence-corrected chi connectivity index (χ2v) is 8.89. The number of hydrogen-bond acceptors (Lipinski definition) is 5. The van der Waals surface area contributed by atoms with Crippen molar-refractivity contribution in [1.82, 2.24) is 0 Å². The van der Waals surface area contributed by atoms with Gasteiger partial charge >= 0.3 is 5.97 Å². The van der Waals surface area contributed by atoms with Gasteiger partial charge in [-0.2, -0.15) is 0 Å². The molecule has 4 rings (SSSR count). The monoisotopic (exact) mass is 440 g/mol. The summed E-state index contributed by atoms with van der Waals surface area (Å²) in [5, 5.41) is 0. The van der Waals surface area contributed by atoms with Gasteiger partial charge in [0, 0.05) is 11.1 Å². The molecule has 0 fully saturated rings. The van der Waals surface area contributed by atoms with Crippen molar-refractivity contribution in [1.29, 1.82) is 0 Å². The molecule has 1 aliphatic rings. The second kappa shape index (κ2) is 8.51. The van der Waals surface area contributed by atoms with Crippen molar-refractivity contribution in [2.75, 3.05) is 7.11 Å². The van der Waals surface area contributed by atoms with Crippen LogP contribution in [-0.2, 0) is 5.41 Å². The Balaban J connectivity index is 1.57. The number of methoxy groups -OCH3 is 1. The Morgan fingerprint density at radius 2 is 1.42 bits per heavy atom. The third kappa shape index (κ3) is 4.35. The number of Topliss-reactive ketones (excluding diaryl/α,β-unsaturated/α-hetero) is 2. The van der Waals surface area contributed by atoms with Gasteiger partial charge in [0.15, 0.2) is 23.1 Å². The molecule has 0 atom stereocenters. The van der Waals surface area contributed by atoms with E-state index in [-0.39, 0.29) is 28.3 Å². The van der Waals surface area contributed by atoms with E-state index in [0.29, 0.717) is 28.0 Å². The zero-order valence-corrected chi connectivity index (χ0v) is 19.0. The number of fused-ring (bicyclic) bond motifs is 1. The summed E-state index contributed by atoms with van der Waals surface area (Å²) in [7, 11) is 1.46. The number of hydrogen-bond donors (Lipinski definition) is 0. The number of rotatable bonds is 4. The van der Waals surface area contributed by atoms with Gasteiger partial charge in [0.2, 0.25) is 0 Å². The minimum atomic E-state index is -0.503. The van der Waals surface area contributed by atoms with Gasteiger partial charge in [-0.1, -0.05) is 63.2 Å². The van der Waals surface area contributed by atoms with E-state index in [2.05, 4.69) is 20.8 Å². The number of carbonyl (C=O) groups excluding carboxylic acids is 3. The molecule has 0 aliphatic heterocycles. The van der Waals surface area contributed by atoms with E-state index in [0.717, 1.165) is 5.56 Å². The lowest BCUT2D eigenvalue weighted by molar-refractivity contribution is 0.0729. The highest BCUT2D eigenvalue weighted by atomic mass is 16.6. The highest BCUT2D eigenvalue weighted by molar-refractivity contribution is 6.41. The normalized spacial score (nSPS) is 13.0. The van der Waals surface area contributed by atoms with Crippen LogP contribution >= 0.6 is 0 Å². The summed E-state index contributed by atoms with van der Waals surface area (Å²) >= 11 is 0. The molecule has 3 aromatic carbocycles. The van der Waals surface area contributed by atoms with Crippen molar-refractivity contribution in [3.05, 3.63) is 100 Å². The van der Waals surface area contributed by atoms with Crippen LogP contribution in [0, 0.1) is 0 Å². The lowest BCUT2D eigenvalue weighted by Crippen LogP contribution is -2.13. The van der Waals surface area contributed by atoms with Gasteiger partial charge in [0.25, 0.3) is 0 Å². The predicted octanol–water partition coefficient (Wildman–Crippen LogP) is 5.67. The molecule has 0 unspecified atom stereocenters. The second-order valence-electron chi connectivity index (χ2n) is 8.89. The minimum Gasteiger partial charge on any atom is -0.493 e. The van der Waals surface area contributed by atoms with Crippen molar-refractivity contribution in [2.24, 2.45) is 0 Å². The highest BCUT2D eigenvalue weighted by Crippen LogP contribution is 2.32. The van der Waals surface area contributed by atoms with Crippen LogP contribution in [0.3, 0.4) is 0 Å². The van der Waals surface area contributed by atoms with Crippen molar-refractivity contribution < 1.29 is 23.9 Å². The molecule has 166 valence electrons. The molecule has 3 aromatic rings. The molecular weight excluding hydrogens is 416 g/mol. The molecule has 0 aromatic heterocycles. The Morgan fingerprint density at radius 3 is 1.97 bits per heavy atom. The number of ketones is 2. The van der Waals surface area contributed by atoms with Crippen LogP contribution < -0.4 is 9.47 Å². The van der Waals surface area contributed by atoms with Crippen molar-refractivity contribution in [3.8, 4) is 11.5 Å². The highest BCUT2D eigenvalue weighted by Gasteiger charge is 2.32. The Labute approximate surface area is 192 Å². The fourth-order valence-electron chi connectivity index (χ4n) is 3.69. The van der Waals surface area contributed by atoms with E-state index in [1.54, 1.807) is 54.6 Å². The molecule has 0 saturated heterocycles. The molecule has 0 spiro atoms. The topological polar surface area (TPSA) is 69.7 Å². The average Bonchev–Trinajstić information content (AvgIpc) is 3.04. The summed E-state index contributed by atoms with van der Waals surface area (Å²) in [5.41, 5.74) is 3.03. The van der Waals surface area contributed by atoms with Crippen LogP contribution in [0.15, 0.2) is 72.3 Å². The van der Waals surface area contributed by atoms with E-state index in [1.807, 2.05) is 12.1 Å². The van der Waals surface area contributed by atoms with E-state index in [4.69, 9.17) is 9.47 Å². The molecule has 0 saturated carbocycles. The Morgan fingerprint density at radius 1 is 0.818 bits per heavy atom. The predicted molar refractivity (Wildman–Crippen MR) is 126 cm³/mol. The van der Waals surface area contributed by atoms with Gasteiger partial charge in [-0.05, 0) is 46.9 Å². The lowest BCUT2D eigenvalue weighted by Gasteiger charge is -2.19. The first-order chi connectivity index (χ1) is 15.7. The van der Waals surface area contributed by atoms with Crippen molar-refractivity contribution in [3.63, 3.8) is 0 Å². The fraction of sp³-hybridized carbons (Fsp3) is 0.179. The summed E-state index contributed by atoms with van der Waals surface area (Å²) in [6.45, 7) is 6.31. The quantitative estimate of drug-likeness (QED) is 0.226. The summed E-state index contributed by atoms with van der Waals surface area (Å²) < 4.78 is 10.9. The van der Waals surface area contributed by atoms with Gasteiger partial charge in [-0.25, -0.2) is 4.79 Å². The molecule has 0 N–H and O–H groups in total. The van der Waals surface area contributed by atoms with E-state index in [9.17, 15) is 14.4 Å². The van der Waals surface area contributed by atoms with Crippen molar-refractivity contribution >= 4 is 23.6 Å². The maximum absolute atomic E-state index is 12.6. The molecule has 5 nitrogen and oxygen atoms in total. The van der Waals surface area contributed by atoms with Crippen LogP contribution in [0.5, 0.6) is 11.5 Å². The molecule has 5 heteroatoms. The molecule has 0 radical (unpaired) electrons. The van der Waals surface area contributed by atoms with Crippen LogP contribution in [0.4, 0.5) is 0 Å². The SMILES string of the molecule is COc1cc(C=C2C(=O)c3ccccc3C2=O)ccc1OC(=O)c1ccc(C(C)(C)C)cc1. The minimum absolute atomic E-state index is 0.0144. The Hall–Kier alpha value is -3.99. The zero-order chi connectivity index (χ0) is 23.8. The summed E-state index contributed by atoms with van der Waals surface area (Å²) in [5.74, 6) is -0.541. The van der Waals surface area contributed by atoms with Crippen molar-refractivity contribution in [2.45, 2.75) is 26.2 Å². The maximum Gasteiger partial charge on any atom is 0.343 e. The lowest BCUT2D eigenvalue weighted by atomic mass is 9.87. The van der Waals surface area contributed by atoms with E-state index in [1.165, 1.54) is 13.2 Å². The number of carbonyl (C=O) groups is 3. The third-order valence-electron chi connectivity index (χ3n) is 5.59. The average molecular weight is 440 g/mol. The summed E-state index contributed by atoms with van der Waals surface area (Å²) in [6, 6.07) is 18.9. The van der Waals surface area contributed by atoms with E-state index < -0.39 is 5.97 Å². The summed E-state index contributed by atoms with van der Waals surface area (Å²) in [6.07, 6.45) is 1.53. The number of allylic oxidation sites excluding steroid dienone is 1. The Bertz CT molecular complexity index is 1250.